The summed E-state index contributed by atoms with van der Waals surface area (Å²) in [5.41, 5.74) is 4.19. The first-order valence-corrected chi connectivity index (χ1v) is 6.53. The van der Waals surface area contributed by atoms with E-state index in [2.05, 4.69) is 26.0 Å². The van der Waals surface area contributed by atoms with Crippen molar-refractivity contribution in [2.24, 2.45) is 0 Å². The second-order valence-corrected chi connectivity index (χ2v) is 5.02. The van der Waals surface area contributed by atoms with Crippen molar-refractivity contribution in [2.45, 2.75) is 26.2 Å². The summed E-state index contributed by atoms with van der Waals surface area (Å²) >= 11 is 0. The van der Waals surface area contributed by atoms with Gasteiger partial charge in [0.2, 0.25) is 0 Å². The van der Waals surface area contributed by atoms with E-state index in [1.807, 2.05) is 12.1 Å². The zero-order valence-electron chi connectivity index (χ0n) is 11.4. The highest BCUT2D eigenvalue weighted by molar-refractivity contribution is 5.32. The highest BCUT2D eigenvalue weighted by Crippen LogP contribution is 2.24. The van der Waals surface area contributed by atoms with E-state index in [0.717, 1.165) is 5.56 Å². The Hall–Kier alpha value is -1.67. The van der Waals surface area contributed by atoms with Gasteiger partial charge in [-0.2, -0.15) is 0 Å². The van der Waals surface area contributed by atoms with Crippen molar-refractivity contribution in [3.8, 4) is 0 Å². The summed E-state index contributed by atoms with van der Waals surface area (Å²) in [4.78, 5) is 0. The van der Waals surface area contributed by atoms with Gasteiger partial charge in [-0.15, -0.1) is 0 Å². The van der Waals surface area contributed by atoms with Crippen molar-refractivity contribution in [3.63, 3.8) is 0 Å². The third kappa shape index (κ3) is 3.21. The lowest BCUT2D eigenvalue weighted by Gasteiger charge is -2.16. The van der Waals surface area contributed by atoms with Crippen LogP contribution in [0.5, 0.6) is 0 Å². The van der Waals surface area contributed by atoms with Gasteiger partial charge in [0, 0.05) is 5.92 Å². The van der Waals surface area contributed by atoms with Crippen LogP contribution in [0.2, 0.25) is 0 Å². The minimum Gasteiger partial charge on any atom is -0.396 e. The molecule has 0 spiro atoms. The van der Waals surface area contributed by atoms with E-state index in [0.29, 0.717) is 12.0 Å². The lowest BCUT2D eigenvalue weighted by molar-refractivity contribution is 0.261. The largest absolute Gasteiger partial charge is 0.396 e. The fourth-order valence-electron chi connectivity index (χ4n) is 2.29. The average Bonchev–Trinajstić information content (AvgIpc) is 2.41. The van der Waals surface area contributed by atoms with Crippen molar-refractivity contribution < 1.29 is 9.50 Å². The molecule has 0 saturated heterocycles. The molecular formula is C17H19FO. The molecule has 19 heavy (non-hydrogen) atoms. The van der Waals surface area contributed by atoms with Gasteiger partial charge in [-0.25, -0.2) is 4.39 Å². The SMILES string of the molecule is Cc1ccc(CC(CO)c2ccccc2F)cc1C. The zero-order valence-corrected chi connectivity index (χ0v) is 11.4. The molecule has 1 unspecified atom stereocenters. The minimum absolute atomic E-state index is 0.0478. The summed E-state index contributed by atoms with van der Waals surface area (Å²) < 4.78 is 13.8. The molecule has 2 aromatic rings. The van der Waals surface area contributed by atoms with E-state index in [9.17, 15) is 9.50 Å². The number of aliphatic hydroxyl groups is 1. The second-order valence-electron chi connectivity index (χ2n) is 5.02. The summed E-state index contributed by atoms with van der Waals surface area (Å²) in [5, 5.41) is 9.52. The second kappa shape index (κ2) is 5.98. The maximum absolute atomic E-state index is 13.8. The number of halogens is 1. The van der Waals surface area contributed by atoms with Gasteiger partial charge in [-0.05, 0) is 48.6 Å². The molecule has 1 nitrogen and oxygen atoms in total. The van der Waals surface area contributed by atoms with E-state index in [1.165, 1.54) is 17.2 Å². The van der Waals surface area contributed by atoms with Crippen LogP contribution in [0.4, 0.5) is 4.39 Å². The zero-order chi connectivity index (χ0) is 13.8. The van der Waals surface area contributed by atoms with Crippen LogP contribution in [0.1, 0.15) is 28.2 Å². The molecule has 0 aliphatic heterocycles. The molecule has 1 atom stereocenters. The summed E-state index contributed by atoms with van der Waals surface area (Å²) in [6.07, 6.45) is 0.651. The normalized spacial score (nSPS) is 12.4. The first kappa shape index (κ1) is 13.8. The molecule has 0 radical (unpaired) electrons. The smallest absolute Gasteiger partial charge is 0.126 e. The highest BCUT2D eigenvalue weighted by Gasteiger charge is 2.15. The monoisotopic (exact) mass is 258 g/mol. The summed E-state index contributed by atoms with van der Waals surface area (Å²) in [7, 11) is 0. The Kier molecular flexibility index (Phi) is 4.33. The van der Waals surface area contributed by atoms with Crippen LogP contribution in [0, 0.1) is 19.7 Å². The fraction of sp³-hybridized carbons (Fsp3) is 0.294. The van der Waals surface area contributed by atoms with Gasteiger partial charge < -0.3 is 5.11 Å². The van der Waals surface area contributed by atoms with Crippen molar-refractivity contribution in [2.75, 3.05) is 6.61 Å². The van der Waals surface area contributed by atoms with E-state index in [1.54, 1.807) is 12.1 Å². The van der Waals surface area contributed by atoms with Gasteiger partial charge in [0.05, 0.1) is 6.61 Å². The Morgan fingerprint density at radius 3 is 2.42 bits per heavy atom. The van der Waals surface area contributed by atoms with Crippen LogP contribution in [0.15, 0.2) is 42.5 Å². The molecule has 0 aromatic heterocycles. The molecule has 0 amide bonds. The molecule has 0 aliphatic carbocycles. The molecule has 0 bridgehead atoms. The summed E-state index contributed by atoms with van der Waals surface area (Å²) in [6, 6.07) is 12.9. The molecule has 0 aliphatic rings. The van der Waals surface area contributed by atoms with Crippen molar-refractivity contribution >= 4 is 0 Å². The predicted octanol–water partition coefficient (Wildman–Crippen LogP) is 3.76. The van der Waals surface area contributed by atoms with Gasteiger partial charge in [0.25, 0.3) is 0 Å². The molecule has 2 heteroatoms. The molecular weight excluding hydrogens is 239 g/mol. The summed E-state index contributed by atoms with van der Waals surface area (Å²) in [5.74, 6) is -0.436. The number of aliphatic hydroxyl groups excluding tert-OH is 1. The Balaban J connectivity index is 2.24. The van der Waals surface area contributed by atoms with E-state index >= 15 is 0 Å². The number of aryl methyl sites for hydroxylation is 2. The maximum Gasteiger partial charge on any atom is 0.126 e. The van der Waals surface area contributed by atoms with Crippen molar-refractivity contribution in [1.29, 1.82) is 0 Å². The minimum atomic E-state index is -0.245. The fourth-order valence-corrected chi connectivity index (χ4v) is 2.29. The molecule has 0 fully saturated rings. The maximum atomic E-state index is 13.8. The van der Waals surface area contributed by atoms with Gasteiger partial charge in [-0.3, -0.25) is 0 Å². The van der Waals surface area contributed by atoms with E-state index in [4.69, 9.17) is 0 Å². The van der Waals surface area contributed by atoms with Gasteiger partial charge in [0.15, 0.2) is 0 Å². The topological polar surface area (TPSA) is 20.2 Å². The Morgan fingerprint density at radius 1 is 1.05 bits per heavy atom. The molecule has 0 heterocycles. The van der Waals surface area contributed by atoms with Crippen LogP contribution in [0.25, 0.3) is 0 Å². The first-order valence-electron chi connectivity index (χ1n) is 6.53. The van der Waals surface area contributed by atoms with Gasteiger partial charge >= 0.3 is 0 Å². The third-order valence-corrected chi connectivity index (χ3v) is 3.62. The first-order chi connectivity index (χ1) is 9.11. The third-order valence-electron chi connectivity index (χ3n) is 3.62. The van der Waals surface area contributed by atoms with Crippen molar-refractivity contribution in [3.05, 3.63) is 70.5 Å². The number of hydrogen-bond donors (Lipinski definition) is 1. The Bertz CT molecular complexity index is 563. The van der Waals surface area contributed by atoms with Crippen LogP contribution in [-0.2, 0) is 6.42 Å². The van der Waals surface area contributed by atoms with Crippen LogP contribution >= 0.6 is 0 Å². The Morgan fingerprint density at radius 2 is 1.79 bits per heavy atom. The van der Waals surface area contributed by atoms with Crippen LogP contribution in [0.3, 0.4) is 0 Å². The Labute approximate surface area is 113 Å². The van der Waals surface area contributed by atoms with Gasteiger partial charge in [0.1, 0.15) is 5.82 Å². The molecule has 100 valence electrons. The lowest BCUT2D eigenvalue weighted by atomic mass is 9.91. The van der Waals surface area contributed by atoms with Gasteiger partial charge in [-0.1, -0.05) is 36.4 Å². The number of hydrogen-bond acceptors (Lipinski definition) is 1. The molecule has 2 aromatic carbocycles. The molecule has 0 saturated carbocycles. The average molecular weight is 258 g/mol. The van der Waals surface area contributed by atoms with Crippen LogP contribution < -0.4 is 0 Å². The quantitative estimate of drug-likeness (QED) is 0.885. The number of benzene rings is 2. The van der Waals surface area contributed by atoms with Crippen molar-refractivity contribution in [1.82, 2.24) is 0 Å². The molecule has 1 N–H and O–H groups in total. The lowest BCUT2D eigenvalue weighted by Crippen LogP contribution is -2.10. The van der Waals surface area contributed by atoms with Crippen LogP contribution in [-0.4, -0.2) is 11.7 Å². The number of rotatable bonds is 4. The highest BCUT2D eigenvalue weighted by atomic mass is 19.1. The predicted molar refractivity (Wildman–Crippen MR) is 75.8 cm³/mol. The van der Waals surface area contributed by atoms with E-state index in [-0.39, 0.29) is 18.3 Å². The van der Waals surface area contributed by atoms with E-state index < -0.39 is 0 Å². The summed E-state index contributed by atoms with van der Waals surface area (Å²) in [6.45, 7) is 4.09. The standard InChI is InChI=1S/C17H19FO/c1-12-7-8-14(9-13(12)2)10-15(11-19)16-5-3-4-6-17(16)18/h3-9,15,19H,10-11H2,1-2H3. The molecule has 2 rings (SSSR count).